The molecule has 1 N–H and O–H groups in total. The number of halogens is 2. The quantitative estimate of drug-likeness (QED) is 0.841. The maximum absolute atomic E-state index is 12.8. The minimum absolute atomic E-state index is 0.0292. The second kappa shape index (κ2) is 6.23. The average Bonchev–Trinajstić information content (AvgIpc) is 2.48. The second-order valence-corrected chi connectivity index (χ2v) is 8.88. The monoisotopic (exact) mass is 385 g/mol. The molecule has 0 radical (unpaired) electrons. The Balaban J connectivity index is 1.99. The molecule has 4 nitrogen and oxygen atoms in total. The zero-order valence-corrected chi connectivity index (χ0v) is 15.5. The van der Waals surface area contributed by atoms with Crippen LogP contribution >= 0.6 is 23.2 Å². The summed E-state index contributed by atoms with van der Waals surface area (Å²) in [5.41, 5.74) is 0.318. The Morgan fingerprint density at radius 2 is 1.88 bits per heavy atom. The Bertz CT molecular complexity index is 881. The SMILES string of the molecule is CC1(C)C[C@H](NS(=O)(=O)c2cc(Cl)ccc2Cl)c2ccccc2O1. The van der Waals surface area contributed by atoms with E-state index in [1.54, 1.807) is 6.07 Å². The zero-order valence-electron chi connectivity index (χ0n) is 13.2. The minimum Gasteiger partial charge on any atom is -0.487 e. The molecule has 2 aromatic rings. The van der Waals surface area contributed by atoms with Crippen LogP contribution in [0.5, 0.6) is 5.75 Å². The number of para-hydroxylation sites is 1. The fourth-order valence-corrected chi connectivity index (χ4v) is 4.82. The van der Waals surface area contributed by atoms with Gasteiger partial charge in [-0.05, 0) is 38.1 Å². The Kier molecular flexibility index (Phi) is 4.55. The summed E-state index contributed by atoms with van der Waals surface area (Å²) >= 11 is 12.0. The molecule has 0 amide bonds. The van der Waals surface area contributed by atoms with Gasteiger partial charge < -0.3 is 4.74 Å². The molecule has 1 heterocycles. The Morgan fingerprint density at radius 1 is 1.17 bits per heavy atom. The summed E-state index contributed by atoms with van der Waals surface area (Å²) < 4.78 is 34.3. The van der Waals surface area contributed by atoms with Crippen LogP contribution in [0, 0.1) is 0 Å². The summed E-state index contributed by atoms with van der Waals surface area (Å²) in [7, 11) is -3.83. The van der Waals surface area contributed by atoms with Crippen LogP contribution in [-0.4, -0.2) is 14.0 Å². The van der Waals surface area contributed by atoms with E-state index in [9.17, 15) is 8.42 Å². The standard InChI is InChI=1S/C17H17Cl2NO3S/c1-17(2)10-14(12-5-3-4-6-15(12)23-17)20-24(21,22)16-9-11(18)7-8-13(16)19/h3-9,14,20H,10H2,1-2H3/t14-/m0/s1. The van der Waals surface area contributed by atoms with E-state index in [4.69, 9.17) is 27.9 Å². The molecule has 128 valence electrons. The lowest BCUT2D eigenvalue weighted by molar-refractivity contribution is 0.0702. The number of rotatable bonds is 3. The van der Waals surface area contributed by atoms with Gasteiger partial charge in [0.1, 0.15) is 16.2 Å². The topological polar surface area (TPSA) is 55.4 Å². The van der Waals surface area contributed by atoms with Gasteiger partial charge in [0.25, 0.3) is 0 Å². The number of hydrogen-bond donors (Lipinski definition) is 1. The summed E-state index contributed by atoms with van der Waals surface area (Å²) in [6, 6.07) is 11.4. The molecule has 0 aromatic heterocycles. The van der Waals surface area contributed by atoms with E-state index in [-0.39, 0.29) is 9.92 Å². The van der Waals surface area contributed by atoms with E-state index >= 15 is 0 Å². The van der Waals surface area contributed by atoms with Crippen LogP contribution in [0.25, 0.3) is 0 Å². The molecule has 3 rings (SSSR count). The third-order valence-electron chi connectivity index (χ3n) is 3.86. The van der Waals surface area contributed by atoms with Gasteiger partial charge in [-0.3, -0.25) is 0 Å². The molecule has 24 heavy (non-hydrogen) atoms. The smallest absolute Gasteiger partial charge is 0.242 e. The van der Waals surface area contributed by atoms with Crippen molar-refractivity contribution in [2.45, 2.75) is 36.8 Å². The molecule has 0 bridgehead atoms. The van der Waals surface area contributed by atoms with Crippen LogP contribution in [0.1, 0.15) is 31.9 Å². The first-order chi connectivity index (χ1) is 11.2. The van der Waals surface area contributed by atoms with Crippen LogP contribution < -0.4 is 9.46 Å². The van der Waals surface area contributed by atoms with Gasteiger partial charge in [0, 0.05) is 17.0 Å². The van der Waals surface area contributed by atoms with Crippen LogP contribution in [0.3, 0.4) is 0 Å². The van der Waals surface area contributed by atoms with Crippen molar-refractivity contribution in [3.63, 3.8) is 0 Å². The highest BCUT2D eigenvalue weighted by molar-refractivity contribution is 7.89. The normalized spacial score (nSPS) is 19.4. The molecular weight excluding hydrogens is 369 g/mol. The minimum atomic E-state index is -3.83. The number of nitrogens with one attached hydrogen (secondary N) is 1. The maximum Gasteiger partial charge on any atom is 0.242 e. The Labute approximate surface area is 151 Å². The molecule has 0 aliphatic carbocycles. The molecule has 1 aliphatic heterocycles. The highest BCUT2D eigenvalue weighted by Crippen LogP contribution is 2.40. The molecule has 1 aliphatic rings. The van der Waals surface area contributed by atoms with Gasteiger partial charge in [-0.25, -0.2) is 13.1 Å². The molecule has 0 fully saturated rings. The van der Waals surface area contributed by atoms with Crippen molar-refractivity contribution < 1.29 is 13.2 Å². The Morgan fingerprint density at radius 3 is 2.62 bits per heavy atom. The molecule has 0 saturated heterocycles. The fraction of sp³-hybridized carbons (Fsp3) is 0.294. The number of benzene rings is 2. The van der Waals surface area contributed by atoms with Crippen LogP contribution in [0.15, 0.2) is 47.4 Å². The van der Waals surface area contributed by atoms with Crippen molar-refractivity contribution in [2.24, 2.45) is 0 Å². The number of hydrogen-bond acceptors (Lipinski definition) is 3. The van der Waals surface area contributed by atoms with E-state index < -0.39 is 21.7 Å². The van der Waals surface area contributed by atoms with E-state index in [1.165, 1.54) is 12.1 Å². The highest BCUT2D eigenvalue weighted by Gasteiger charge is 2.36. The van der Waals surface area contributed by atoms with E-state index in [2.05, 4.69) is 4.72 Å². The average molecular weight is 386 g/mol. The van der Waals surface area contributed by atoms with Crippen LogP contribution in [0.4, 0.5) is 0 Å². The maximum atomic E-state index is 12.8. The van der Waals surface area contributed by atoms with Gasteiger partial charge in [0.05, 0.1) is 11.1 Å². The van der Waals surface area contributed by atoms with Gasteiger partial charge in [0.15, 0.2) is 0 Å². The van der Waals surface area contributed by atoms with E-state index in [0.29, 0.717) is 17.2 Å². The van der Waals surface area contributed by atoms with Crippen molar-refractivity contribution in [3.8, 4) is 5.75 Å². The van der Waals surface area contributed by atoms with E-state index in [0.717, 1.165) is 5.56 Å². The molecule has 1 atom stereocenters. The lowest BCUT2D eigenvalue weighted by Crippen LogP contribution is -2.41. The summed E-state index contributed by atoms with van der Waals surface area (Å²) in [4.78, 5) is -0.0292. The molecular formula is C17H17Cl2NO3S. The number of sulfonamides is 1. The van der Waals surface area contributed by atoms with Crippen molar-refractivity contribution in [1.82, 2.24) is 4.72 Å². The van der Waals surface area contributed by atoms with Crippen LogP contribution in [-0.2, 0) is 10.0 Å². The predicted molar refractivity (Wildman–Crippen MR) is 95.3 cm³/mol. The van der Waals surface area contributed by atoms with Crippen molar-refractivity contribution >= 4 is 33.2 Å². The third-order valence-corrected chi connectivity index (χ3v) is 6.04. The highest BCUT2D eigenvalue weighted by atomic mass is 35.5. The Hall–Kier alpha value is -1.27. The second-order valence-electron chi connectivity index (χ2n) is 6.35. The molecule has 0 saturated carbocycles. The van der Waals surface area contributed by atoms with Crippen LogP contribution in [0.2, 0.25) is 10.0 Å². The first-order valence-corrected chi connectivity index (χ1v) is 9.67. The van der Waals surface area contributed by atoms with Gasteiger partial charge in [-0.15, -0.1) is 0 Å². The summed E-state index contributed by atoms with van der Waals surface area (Å²) in [6.07, 6.45) is 0.501. The molecule has 7 heteroatoms. The van der Waals surface area contributed by atoms with Gasteiger partial charge in [-0.1, -0.05) is 41.4 Å². The predicted octanol–water partition coefficient (Wildman–Crippen LogP) is 4.57. The lowest BCUT2D eigenvalue weighted by Gasteiger charge is -2.37. The first-order valence-electron chi connectivity index (χ1n) is 7.43. The van der Waals surface area contributed by atoms with Gasteiger partial charge in [0.2, 0.25) is 10.0 Å². The zero-order chi connectivity index (χ0) is 17.5. The lowest BCUT2D eigenvalue weighted by atomic mass is 9.90. The first kappa shape index (κ1) is 17.5. The molecule has 0 unspecified atom stereocenters. The summed E-state index contributed by atoms with van der Waals surface area (Å²) in [5.74, 6) is 0.679. The van der Waals surface area contributed by atoms with Crippen molar-refractivity contribution in [1.29, 1.82) is 0 Å². The fourth-order valence-electron chi connectivity index (χ4n) is 2.84. The van der Waals surface area contributed by atoms with Gasteiger partial charge in [-0.2, -0.15) is 0 Å². The molecule has 2 aromatic carbocycles. The third kappa shape index (κ3) is 3.54. The van der Waals surface area contributed by atoms with E-state index in [1.807, 2.05) is 38.1 Å². The summed E-state index contributed by atoms with van der Waals surface area (Å²) in [5, 5.41) is 0.444. The van der Waals surface area contributed by atoms with Gasteiger partial charge >= 0.3 is 0 Å². The number of fused-ring (bicyclic) bond motifs is 1. The number of ether oxygens (including phenoxy) is 1. The van der Waals surface area contributed by atoms with Crippen molar-refractivity contribution in [2.75, 3.05) is 0 Å². The largest absolute Gasteiger partial charge is 0.487 e. The van der Waals surface area contributed by atoms with Crippen molar-refractivity contribution in [3.05, 3.63) is 58.1 Å². The molecule has 0 spiro atoms. The summed E-state index contributed by atoms with van der Waals surface area (Å²) in [6.45, 7) is 3.85.